The van der Waals surface area contributed by atoms with Gasteiger partial charge in [-0.05, 0) is 43.5 Å². The van der Waals surface area contributed by atoms with Crippen molar-refractivity contribution in [1.29, 1.82) is 0 Å². The van der Waals surface area contributed by atoms with Gasteiger partial charge in [-0.25, -0.2) is 0 Å². The zero-order chi connectivity index (χ0) is 28.5. The Bertz CT molecular complexity index is 1320. The van der Waals surface area contributed by atoms with E-state index in [1.54, 1.807) is 18.4 Å². The average molecular weight is 556 g/mol. The minimum absolute atomic E-state index is 0.231. The van der Waals surface area contributed by atoms with Crippen molar-refractivity contribution in [3.8, 4) is 11.5 Å². The van der Waals surface area contributed by atoms with Gasteiger partial charge in [0.2, 0.25) is 5.91 Å². The zero-order valence-corrected chi connectivity index (χ0v) is 23.7. The van der Waals surface area contributed by atoms with Crippen LogP contribution in [0.15, 0.2) is 36.5 Å². The molecule has 0 aliphatic rings. The normalized spacial score (nSPS) is 12.6. The Hall–Kier alpha value is -3.54. The van der Waals surface area contributed by atoms with Gasteiger partial charge in [0, 0.05) is 36.3 Å². The van der Waals surface area contributed by atoms with Crippen molar-refractivity contribution in [2.75, 3.05) is 30.5 Å². The highest BCUT2D eigenvalue weighted by Crippen LogP contribution is 2.38. The van der Waals surface area contributed by atoms with Crippen molar-refractivity contribution < 1.29 is 23.6 Å². The number of rotatable bonds is 14. The van der Waals surface area contributed by atoms with Crippen LogP contribution in [0.4, 0.5) is 11.4 Å². The van der Waals surface area contributed by atoms with Crippen LogP contribution in [0.3, 0.4) is 0 Å². The van der Waals surface area contributed by atoms with Crippen LogP contribution in [0.2, 0.25) is 0 Å². The molecular formula is C28H37N5O5S. The molecule has 0 aliphatic heterocycles. The predicted octanol–water partition coefficient (Wildman–Crippen LogP) is 3.15. The van der Waals surface area contributed by atoms with Gasteiger partial charge < -0.3 is 36.1 Å². The summed E-state index contributed by atoms with van der Waals surface area (Å²) in [6.07, 6.45) is 4.03. The smallest absolute Gasteiger partial charge is 0.252 e. The molecule has 10 nitrogen and oxygen atoms in total. The van der Waals surface area contributed by atoms with E-state index in [9.17, 15) is 14.1 Å². The highest BCUT2D eigenvalue weighted by atomic mass is 32.2. The van der Waals surface area contributed by atoms with Gasteiger partial charge in [0.25, 0.3) is 5.91 Å². The summed E-state index contributed by atoms with van der Waals surface area (Å²) in [6, 6.07) is 8.55. The third kappa shape index (κ3) is 7.53. The summed E-state index contributed by atoms with van der Waals surface area (Å²) in [5.74, 6) is 0.543. The molecular weight excluding hydrogens is 518 g/mol. The van der Waals surface area contributed by atoms with Crippen LogP contribution >= 0.6 is 0 Å². The lowest BCUT2D eigenvalue weighted by molar-refractivity contribution is -0.122. The Labute approximate surface area is 232 Å². The van der Waals surface area contributed by atoms with E-state index in [4.69, 9.17) is 20.9 Å². The lowest BCUT2D eigenvalue weighted by Gasteiger charge is -2.20. The van der Waals surface area contributed by atoms with Gasteiger partial charge in [-0.2, -0.15) is 0 Å². The van der Waals surface area contributed by atoms with Gasteiger partial charge in [-0.15, -0.1) is 0 Å². The molecule has 2 atom stereocenters. The van der Waals surface area contributed by atoms with Crippen LogP contribution in [-0.2, 0) is 28.9 Å². The molecule has 6 N–H and O–H groups in total. The molecule has 1 heterocycles. The first-order valence-electron chi connectivity index (χ1n) is 12.9. The molecule has 2 aromatic carbocycles. The predicted molar refractivity (Wildman–Crippen MR) is 155 cm³/mol. The van der Waals surface area contributed by atoms with E-state index in [0.29, 0.717) is 59.9 Å². The summed E-state index contributed by atoms with van der Waals surface area (Å²) in [5, 5.41) is 6.95. The lowest BCUT2D eigenvalue weighted by Crippen LogP contribution is -2.41. The molecule has 210 valence electrons. The highest BCUT2D eigenvalue weighted by molar-refractivity contribution is 7.90. The van der Waals surface area contributed by atoms with Gasteiger partial charge in [-0.3, -0.25) is 14.6 Å². The summed E-state index contributed by atoms with van der Waals surface area (Å²) in [4.78, 5) is 29.3. The number of carbonyl (C=O) groups is 2. The number of ether oxygens (including phenoxy) is 2. The number of nitrogens with two attached hydrogens (primary N) is 2. The van der Waals surface area contributed by atoms with E-state index < -0.39 is 23.1 Å². The molecule has 0 saturated carbocycles. The Morgan fingerprint density at radius 1 is 1.13 bits per heavy atom. The monoisotopic (exact) mass is 555 g/mol. The fraction of sp³-hybridized carbons (Fsp3) is 0.393. The standard InChI is InChI=1S/C28H37N5O5S/c1-5-18-17(15-32-28(35)21(29)11-12-39(4)36)9-8-10-22(18)33-26-19-13-24(37-6-2)25(38-7-3)14-23(19)31-16-20(26)27(30)34/h8-10,13-14,16,21H,5-7,11-12,15,29H2,1-4H3,(H2,30,34)(H,31,33)(H,32,35). The summed E-state index contributed by atoms with van der Waals surface area (Å²) in [7, 11) is 0. The molecule has 2 amide bonds. The number of carbonyl (C=O) groups excluding carboxylic acids is 2. The Balaban J connectivity index is 1.99. The number of fused-ring (bicyclic) bond motifs is 1. The average Bonchev–Trinajstić information content (AvgIpc) is 2.91. The minimum atomic E-state index is -1.01. The number of nitrogens with zero attached hydrogens (tertiary/aromatic N) is 1. The van der Waals surface area contributed by atoms with E-state index in [-0.39, 0.29) is 18.0 Å². The molecule has 39 heavy (non-hydrogen) atoms. The van der Waals surface area contributed by atoms with Crippen LogP contribution < -0.4 is 31.6 Å². The van der Waals surface area contributed by atoms with Crippen LogP contribution in [0, 0.1) is 0 Å². The van der Waals surface area contributed by atoms with Gasteiger partial charge in [0.15, 0.2) is 11.5 Å². The fourth-order valence-corrected chi connectivity index (χ4v) is 4.85. The van der Waals surface area contributed by atoms with E-state index in [1.165, 1.54) is 6.20 Å². The van der Waals surface area contributed by atoms with Crippen LogP contribution in [0.5, 0.6) is 11.5 Å². The molecule has 0 saturated heterocycles. The molecule has 3 rings (SSSR count). The molecule has 1 aromatic heterocycles. The number of hydrogen-bond acceptors (Lipinski definition) is 8. The fourth-order valence-electron chi connectivity index (χ4n) is 4.27. The maximum atomic E-state index is 12.5. The molecule has 0 radical (unpaired) electrons. The molecule has 0 aliphatic carbocycles. The van der Waals surface area contributed by atoms with E-state index >= 15 is 0 Å². The van der Waals surface area contributed by atoms with Crippen molar-refractivity contribution in [1.82, 2.24) is 10.3 Å². The van der Waals surface area contributed by atoms with E-state index in [0.717, 1.165) is 16.8 Å². The Morgan fingerprint density at radius 2 is 1.82 bits per heavy atom. The topological polar surface area (TPSA) is 165 Å². The molecule has 0 fully saturated rings. The summed E-state index contributed by atoms with van der Waals surface area (Å²) in [5.41, 5.74) is 15.7. The molecule has 11 heteroatoms. The molecule has 3 aromatic rings. The first-order chi connectivity index (χ1) is 18.7. The van der Waals surface area contributed by atoms with Crippen molar-refractivity contribution in [3.05, 3.63) is 53.2 Å². The third-order valence-electron chi connectivity index (χ3n) is 6.19. The maximum absolute atomic E-state index is 12.5. The third-order valence-corrected chi connectivity index (χ3v) is 7.00. The van der Waals surface area contributed by atoms with Crippen LogP contribution in [0.25, 0.3) is 10.9 Å². The minimum Gasteiger partial charge on any atom is -0.617 e. The van der Waals surface area contributed by atoms with Gasteiger partial charge in [0.1, 0.15) is 5.75 Å². The van der Waals surface area contributed by atoms with Crippen molar-refractivity contribution in [2.45, 2.75) is 46.2 Å². The number of hydrogen-bond donors (Lipinski definition) is 4. The van der Waals surface area contributed by atoms with E-state index in [1.807, 2.05) is 39.0 Å². The van der Waals surface area contributed by atoms with Crippen molar-refractivity contribution >= 4 is 45.3 Å². The number of pyridine rings is 1. The van der Waals surface area contributed by atoms with Gasteiger partial charge in [0.05, 0.1) is 42.3 Å². The molecule has 2 unspecified atom stereocenters. The van der Waals surface area contributed by atoms with Gasteiger partial charge >= 0.3 is 0 Å². The van der Waals surface area contributed by atoms with E-state index in [2.05, 4.69) is 15.6 Å². The quantitative estimate of drug-likeness (QED) is 0.220. The first-order valence-corrected chi connectivity index (χ1v) is 14.7. The van der Waals surface area contributed by atoms with Gasteiger partial charge in [-0.1, -0.05) is 30.2 Å². The maximum Gasteiger partial charge on any atom is 0.252 e. The second kappa shape index (κ2) is 14.0. The first kappa shape index (κ1) is 30.0. The number of amides is 2. The second-order valence-electron chi connectivity index (χ2n) is 8.91. The SMILES string of the molecule is CCOc1cc2ncc(C(N)=O)c(Nc3cccc(CNC(=O)C(N)CC[S+](C)[O-])c3CC)c2cc1OCC. The number of aromatic nitrogens is 1. The summed E-state index contributed by atoms with van der Waals surface area (Å²) in [6.45, 7) is 6.95. The lowest BCUT2D eigenvalue weighted by atomic mass is 10.0. The largest absolute Gasteiger partial charge is 0.617 e. The number of primary amides is 1. The Morgan fingerprint density at radius 3 is 2.44 bits per heavy atom. The molecule has 0 bridgehead atoms. The second-order valence-corrected chi connectivity index (χ2v) is 10.5. The number of anilines is 2. The van der Waals surface area contributed by atoms with Crippen molar-refractivity contribution in [2.24, 2.45) is 11.5 Å². The highest BCUT2D eigenvalue weighted by Gasteiger charge is 2.20. The van der Waals surface area contributed by atoms with Crippen molar-refractivity contribution in [3.63, 3.8) is 0 Å². The number of benzene rings is 2. The van der Waals surface area contributed by atoms with Crippen LogP contribution in [-0.4, -0.2) is 52.6 Å². The van der Waals surface area contributed by atoms with Crippen LogP contribution in [0.1, 0.15) is 48.7 Å². The number of nitrogens with one attached hydrogen (secondary N) is 2. The summed E-state index contributed by atoms with van der Waals surface area (Å²) >= 11 is -1.01. The Kier molecular flexibility index (Phi) is 10.8. The zero-order valence-electron chi connectivity index (χ0n) is 22.8. The molecule has 0 spiro atoms. The summed E-state index contributed by atoms with van der Waals surface area (Å²) < 4.78 is 22.9.